The summed E-state index contributed by atoms with van der Waals surface area (Å²) in [7, 11) is 0. The molecule has 0 saturated carbocycles. The molecular formula is C6H9ClN2O2. The number of aliphatic imine (C=N–C) groups is 1. The molecule has 0 heterocycles. The molecule has 0 rings (SSSR count). The molecule has 0 aromatic rings. The van der Waals surface area contributed by atoms with E-state index in [1.54, 1.807) is 13.8 Å². The standard InChI is InChI=1S/C6H9ClN2O2/c1-5(2)9(3-7)6(11)8-4-10/h5H,3H2,1-2H3. The van der Waals surface area contributed by atoms with Crippen LogP contribution in [0.15, 0.2) is 4.99 Å². The van der Waals surface area contributed by atoms with Gasteiger partial charge in [-0.25, -0.2) is 9.59 Å². The summed E-state index contributed by atoms with van der Waals surface area (Å²) in [4.78, 5) is 24.7. The number of amides is 2. The summed E-state index contributed by atoms with van der Waals surface area (Å²) in [5.74, 6) is 0. The molecule has 0 aliphatic carbocycles. The van der Waals surface area contributed by atoms with Crippen LogP contribution in [0.25, 0.3) is 0 Å². The third kappa shape index (κ3) is 3.16. The average molecular weight is 177 g/mol. The van der Waals surface area contributed by atoms with Crippen molar-refractivity contribution in [2.75, 3.05) is 6.00 Å². The molecule has 62 valence electrons. The molecule has 11 heavy (non-hydrogen) atoms. The molecule has 0 spiro atoms. The number of isocyanates is 1. The Morgan fingerprint density at radius 3 is 2.55 bits per heavy atom. The molecule has 0 aliphatic rings. The molecule has 0 bridgehead atoms. The van der Waals surface area contributed by atoms with E-state index in [2.05, 4.69) is 4.99 Å². The highest BCUT2D eigenvalue weighted by Crippen LogP contribution is 2.01. The Balaban J connectivity index is 4.25. The quantitative estimate of drug-likeness (QED) is 0.276. The maximum Gasteiger partial charge on any atom is 0.355 e. The average Bonchev–Trinajstić information content (AvgIpc) is 1.88. The largest absolute Gasteiger partial charge is 0.355 e. The second-order valence-electron chi connectivity index (χ2n) is 2.17. The fourth-order valence-corrected chi connectivity index (χ4v) is 0.892. The molecule has 0 unspecified atom stereocenters. The summed E-state index contributed by atoms with van der Waals surface area (Å²) < 4.78 is 0. The first-order valence-electron chi connectivity index (χ1n) is 3.08. The maximum atomic E-state index is 10.8. The zero-order valence-electron chi connectivity index (χ0n) is 6.37. The number of rotatable bonds is 2. The molecule has 0 aromatic heterocycles. The smallest absolute Gasteiger partial charge is 0.306 e. The van der Waals surface area contributed by atoms with E-state index in [4.69, 9.17) is 11.6 Å². The van der Waals surface area contributed by atoms with E-state index in [1.165, 1.54) is 4.90 Å². The van der Waals surface area contributed by atoms with Crippen LogP contribution in [0.4, 0.5) is 4.79 Å². The van der Waals surface area contributed by atoms with Gasteiger partial charge in [0.25, 0.3) is 0 Å². The third-order valence-corrected chi connectivity index (χ3v) is 1.40. The SMILES string of the molecule is CC(C)N(CCl)C(=O)N=C=O. The van der Waals surface area contributed by atoms with E-state index in [0.29, 0.717) is 0 Å². The van der Waals surface area contributed by atoms with E-state index < -0.39 is 6.03 Å². The number of nitrogens with zero attached hydrogens (tertiary/aromatic N) is 2. The highest BCUT2D eigenvalue weighted by Gasteiger charge is 2.13. The Morgan fingerprint density at radius 2 is 2.27 bits per heavy atom. The summed E-state index contributed by atoms with van der Waals surface area (Å²) in [6, 6.07) is -0.677. The lowest BCUT2D eigenvalue weighted by molar-refractivity contribution is 0.204. The Bertz CT molecular complexity index is 187. The van der Waals surface area contributed by atoms with E-state index in [-0.39, 0.29) is 12.0 Å². The summed E-state index contributed by atoms with van der Waals surface area (Å²) >= 11 is 5.41. The Morgan fingerprint density at radius 1 is 1.73 bits per heavy atom. The molecule has 0 radical (unpaired) electrons. The lowest BCUT2D eigenvalue weighted by atomic mass is 10.4. The van der Waals surface area contributed by atoms with Crippen LogP contribution in [-0.2, 0) is 4.79 Å². The zero-order valence-corrected chi connectivity index (χ0v) is 7.13. The van der Waals surface area contributed by atoms with Crippen molar-refractivity contribution in [3.05, 3.63) is 0 Å². The molecule has 2 amide bonds. The van der Waals surface area contributed by atoms with Gasteiger partial charge in [0.15, 0.2) is 0 Å². The normalized spacial score (nSPS) is 9.09. The van der Waals surface area contributed by atoms with E-state index >= 15 is 0 Å². The van der Waals surface area contributed by atoms with Gasteiger partial charge in [0.2, 0.25) is 6.08 Å². The van der Waals surface area contributed by atoms with Gasteiger partial charge in [0, 0.05) is 6.04 Å². The van der Waals surface area contributed by atoms with Gasteiger partial charge in [0.05, 0.1) is 6.00 Å². The Labute approximate surface area is 69.8 Å². The van der Waals surface area contributed by atoms with Crippen molar-refractivity contribution in [3.63, 3.8) is 0 Å². The van der Waals surface area contributed by atoms with Gasteiger partial charge in [-0.1, -0.05) is 0 Å². The number of urea groups is 1. The van der Waals surface area contributed by atoms with Gasteiger partial charge in [0.1, 0.15) is 0 Å². The Hall–Kier alpha value is -0.860. The highest BCUT2D eigenvalue weighted by atomic mass is 35.5. The van der Waals surface area contributed by atoms with Gasteiger partial charge < -0.3 is 4.90 Å². The molecule has 0 N–H and O–H groups in total. The van der Waals surface area contributed by atoms with Crippen molar-refractivity contribution < 1.29 is 9.59 Å². The number of hydrogen-bond acceptors (Lipinski definition) is 2. The molecule has 0 aromatic carbocycles. The Kier molecular flexibility index (Phi) is 4.50. The lowest BCUT2D eigenvalue weighted by Crippen LogP contribution is -2.33. The maximum absolute atomic E-state index is 10.8. The first-order valence-corrected chi connectivity index (χ1v) is 3.61. The minimum Gasteiger partial charge on any atom is -0.306 e. The summed E-state index contributed by atoms with van der Waals surface area (Å²) in [5, 5.41) is 0. The van der Waals surface area contributed by atoms with Crippen LogP contribution >= 0.6 is 11.6 Å². The topological polar surface area (TPSA) is 49.7 Å². The second-order valence-corrected chi connectivity index (χ2v) is 2.41. The van der Waals surface area contributed by atoms with Crippen LogP contribution in [0.5, 0.6) is 0 Å². The van der Waals surface area contributed by atoms with Crippen LogP contribution in [0.2, 0.25) is 0 Å². The van der Waals surface area contributed by atoms with E-state index in [9.17, 15) is 9.59 Å². The van der Waals surface area contributed by atoms with Crippen molar-refractivity contribution in [2.24, 2.45) is 4.99 Å². The molecule has 5 heteroatoms. The van der Waals surface area contributed by atoms with Crippen LogP contribution < -0.4 is 0 Å². The molecule has 0 saturated heterocycles. The number of carbonyl (C=O) groups excluding carboxylic acids is 2. The van der Waals surface area contributed by atoms with Crippen molar-refractivity contribution >= 4 is 23.7 Å². The van der Waals surface area contributed by atoms with Crippen molar-refractivity contribution in [1.82, 2.24) is 4.90 Å². The summed E-state index contributed by atoms with van der Waals surface area (Å²) in [5.41, 5.74) is 0. The first kappa shape index (κ1) is 10.1. The van der Waals surface area contributed by atoms with Crippen LogP contribution in [0.1, 0.15) is 13.8 Å². The van der Waals surface area contributed by atoms with Crippen LogP contribution in [0.3, 0.4) is 0 Å². The third-order valence-electron chi connectivity index (χ3n) is 1.14. The molecule has 4 nitrogen and oxygen atoms in total. The molecular weight excluding hydrogens is 168 g/mol. The van der Waals surface area contributed by atoms with Crippen molar-refractivity contribution in [1.29, 1.82) is 0 Å². The number of halogens is 1. The van der Waals surface area contributed by atoms with Crippen LogP contribution in [-0.4, -0.2) is 29.1 Å². The van der Waals surface area contributed by atoms with Crippen molar-refractivity contribution in [3.8, 4) is 0 Å². The predicted octanol–water partition coefficient (Wildman–Crippen LogP) is 1.35. The van der Waals surface area contributed by atoms with Gasteiger partial charge in [-0.05, 0) is 13.8 Å². The summed E-state index contributed by atoms with van der Waals surface area (Å²) in [6.45, 7) is 3.56. The monoisotopic (exact) mass is 176 g/mol. The minimum atomic E-state index is -0.648. The molecule has 0 fully saturated rings. The van der Waals surface area contributed by atoms with Crippen molar-refractivity contribution in [2.45, 2.75) is 19.9 Å². The highest BCUT2D eigenvalue weighted by molar-refractivity contribution is 6.18. The molecule has 0 aliphatic heterocycles. The fraction of sp³-hybridized carbons (Fsp3) is 0.667. The van der Waals surface area contributed by atoms with E-state index in [0.717, 1.165) is 6.08 Å². The zero-order chi connectivity index (χ0) is 8.85. The minimum absolute atomic E-state index is 0.0294. The lowest BCUT2D eigenvalue weighted by Gasteiger charge is -2.20. The van der Waals surface area contributed by atoms with E-state index in [1.807, 2.05) is 0 Å². The summed E-state index contributed by atoms with van der Waals surface area (Å²) in [6.07, 6.45) is 1.16. The number of carbonyl (C=O) groups is 1. The van der Waals surface area contributed by atoms with Gasteiger partial charge in [-0.2, -0.15) is 0 Å². The number of hydrogen-bond donors (Lipinski definition) is 0. The van der Waals surface area contributed by atoms with Gasteiger partial charge in [-0.3, -0.25) is 0 Å². The fourth-order valence-electron chi connectivity index (χ4n) is 0.513. The first-order chi connectivity index (χ1) is 5.13. The number of alkyl halides is 1. The van der Waals surface area contributed by atoms with Gasteiger partial charge in [-0.15, -0.1) is 16.6 Å². The molecule has 0 atom stereocenters. The van der Waals surface area contributed by atoms with Crippen LogP contribution in [0, 0.1) is 0 Å². The predicted molar refractivity (Wildman–Crippen MR) is 41.2 cm³/mol. The van der Waals surface area contributed by atoms with Gasteiger partial charge >= 0.3 is 6.03 Å². The second kappa shape index (κ2) is 4.88.